The van der Waals surface area contributed by atoms with Crippen LogP contribution in [0.5, 0.6) is 0 Å². The Morgan fingerprint density at radius 3 is 2.87 bits per heavy atom. The molecule has 1 N–H and O–H groups in total. The SMILES string of the molecule is O=c1oc2ccc(F)cc2cc1-c1nc(Cc2c[nH]c3ccc([N+](=O)[O-])cc23)no1. The second kappa shape index (κ2) is 6.62. The lowest BCUT2D eigenvalue weighted by Gasteiger charge is -1.98. The Morgan fingerprint density at radius 2 is 2.03 bits per heavy atom. The highest BCUT2D eigenvalue weighted by molar-refractivity contribution is 5.85. The number of fused-ring (bicyclic) bond motifs is 2. The van der Waals surface area contributed by atoms with Gasteiger partial charge in [-0.05, 0) is 35.9 Å². The maximum absolute atomic E-state index is 13.5. The lowest BCUT2D eigenvalue weighted by atomic mass is 10.1. The van der Waals surface area contributed by atoms with Gasteiger partial charge in [0.2, 0.25) is 0 Å². The second-order valence-corrected chi connectivity index (χ2v) is 6.62. The van der Waals surface area contributed by atoms with E-state index in [1.165, 1.54) is 36.4 Å². The monoisotopic (exact) mass is 406 g/mol. The number of benzene rings is 2. The zero-order valence-corrected chi connectivity index (χ0v) is 15.1. The third kappa shape index (κ3) is 3.00. The number of halogens is 1. The highest BCUT2D eigenvalue weighted by atomic mass is 19.1. The minimum Gasteiger partial charge on any atom is -0.422 e. The molecule has 3 aromatic heterocycles. The van der Waals surface area contributed by atoms with Gasteiger partial charge >= 0.3 is 5.63 Å². The van der Waals surface area contributed by atoms with Crippen LogP contribution in [0.3, 0.4) is 0 Å². The molecular weight excluding hydrogens is 395 g/mol. The first-order valence-electron chi connectivity index (χ1n) is 8.79. The van der Waals surface area contributed by atoms with Crippen LogP contribution in [0.2, 0.25) is 0 Å². The number of hydrogen-bond donors (Lipinski definition) is 1. The number of non-ortho nitro benzene ring substituents is 1. The summed E-state index contributed by atoms with van der Waals surface area (Å²) in [6.45, 7) is 0. The van der Waals surface area contributed by atoms with Crippen molar-refractivity contribution in [3.8, 4) is 11.5 Å². The van der Waals surface area contributed by atoms with Gasteiger partial charge in [0.15, 0.2) is 5.82 Å². The van der Waals surface area contributed by atoms with Crippen molar-refractivity contribution in [1.82, 2.24) is 15.1 Å². The van der Waals surface area contributed by atoms with Crippen LogP contribution in [0.15, 0.2) is 62.4 Å². The van der Waals surface area contributed by atoms with Crippen LogP contribution in [0.4, 0.5) is 10.1 Å². The molecule has 3 heterocycles. The topological polar surface area (TPSA) is 128 Å². The molecule has 10 heteroatoms. The molecular formula is C20H11FN4O5. The number of nitrogens with one attached hydrogen (secondary N) is 1. The van der Waals surface area contributed by atoms with Gasteiger partial charge in [-0.15, -0.1) is 0 Å². The Morgan fingerprint density at radius 1 is 1.17 bits per heavy atom. The first-order chi connectivity index (χ1) is 14.5. The van der Waals surface area contributed by atoms with Crippen LogP contribution in [-0.4, -0.2) is 20.0 Å². The fourth-order valence-electron chi connectivity index (χ4n) is 3.28. The summed E-state index contributed by atoms with van der Waals surface area (Å²) in [6, 6.07) is 9.73. The highest BCUT2D eigenvalue weighted by Crippen LogP contribution is 2.26. The molecule has 2 aromatic carbocycles. The molecule has 0 fully saturated rings. The summed E-state index contributed by atoms with van der Waals surface area (Å²) in [7, 11) is 0. The molecule has 9 nitrogen and oxygen atoms in total. The van der Waals surface area contributed by atoms with Crippen molar-refractivity contribution < 1.29 is 18.3 Å². The largest absolute Gasteiger partial charge is 0.422 e. The predicted octanol–water partition coefficient (Wildman–Crippen LogP) is 3.96. The molecule has 148 valence electrons. The number of aromatic nitrogens is 3. The van der Waals surface area contributed by atoms with Crippen molar-refractivity contribution in [1.29, 1.82) is 0 Å². The van der Waals surface area contributed by atoms with E-state index >= 15 is 0 Å². The van der Waals surface area contributed by atoms with Gasteiger partial charge in [-0.3, -0.25) is 10.1 Å². The molecule has 5 aromatic rings. The Hall–Kier alpha value is -4.34. The van der Waals surface area contributed by atoms with Crippen LogP contribution in [0.1, 0.15) is 11.4 Å². The number of H-pyrrole nitrogens is 1. The molecule has 0 aliphatic heterocycles. The summed E-state index contributed by atoms with van der Waals surface area (Å²) in [4.78, 5) is 30.1. The summed E-state index contributed by atoms with van der Waals surface area (Å²) in [5, 5.41) is 16.0. The van der Waals surface area contributed by atoms with Gasteiger partial charge < -0.3 is 13.9 Å². The molecule has 0 bridgehead atoms. The fourth-order valence-corrected chi connectivity index (χ4v) is 3.28. The molecule has 0 radical (unpaired) electrons. The third-order valence-electron chi connectivity index (χ3n) is 4.70. The number of nitrogens with zero attached hydrogens (tertiary/aromatic N) is 3. The Bertz CT molecular complexity index is 1500. The first-order valence-corrected chi connectivity index (χ1v) is 8.79. The van der Waals surface area contributed by atoms with Crippen molar-refractivity contribution in [2.75, 3.05) is 0 Å². The van der Waals surface area contributed by atoms with E-state index in [4.69, 9.17) is 8.94 Å². The second-order valence-electron chi connectivity index (χ2n) is 6.62. The minimum absolute atomic E-state index is 0.0152. The Kier molecular flexibility index (Phi) is 3.91. The molecule has 0 spiro atoms. The maximum Gasteiger partial charge on any atom is 0.349 e. The molecule has 0 atom stereocenters. The van der Waals surface area contributed by atoms with E-state index in [9.17, 15) is 19.3 Å². The van der Waals surface area contributed by atoms with Gasteiger partial charge in [0.1, 0.15) is 17.0 Å². The van der Waals surface area contributed by atoms with Crippen molar-refractivity contribution in [2.45, 2.75) is 6.42 Å². The number of aromatic amines is 1. The summed E-state index contributed by atoms with van der Waals surface area (Å²) in [6.07, 6.45) is 1.93. The molecule has 0 unspecified atom stereocenters. The highest BCUT2D eigenvalue weighted by Gasteiger charge is 2.17. The smallest absolute Gasteiger partial charge is 0.349 e. The Balaban J connectivity index is 1.51. The third-order valence-corrected chi connectivity index (χ3v) is 4.70. The summed E-state index contributed by atoms with van der Waals surface area (Å²) in [5.41, 5.74) is 1.00. The lowest BCUT2D eigenvalue weighted by Crippen LogP contribution is -2.03. The van der Waals surface area contributed by atoms with Crippen molar-refractivity contribution in [3.05, 3.63) is 86.4 Å². The molecule has 0 saturated carbocycles. The van der Waals surface area contributed by atoms with Crippen LogP contribution >= 0.6 is 0 Å². The Labute approximate surface area is 165 Å². The molecule has 5 rings (SSSR count). The van der Waals surface area contributed by atoms with Gasteiger partial charge in [-0.2, -0.15) is 4.98 Å². The van der Waals surface area contributed by atoms with Crippen LogP contribution < -0.4 is 5.63 Å². The predicted molar refractivity (Wildman–Crippen MR) is 103 cm³/mol. The maximum atomic E-state index is 13.5. The van der Waals surface area contributed by atoms with Gasteiger partial charge in [0.25, 0.3) is 11.6 Å². The normalized spacial score (nSPS) is 11.4. The number of hydrogen-bond acceptors (Lipinski definition) is 7. The van der Waals surface area contributed by atoms with E-state index < -0.39 is 16.4 Å². The quantitative estimate of drug-likeness (QED) is 0.272. The van der Waals surface area contributed by atoms with Gasteiger partial charge in [-0.25, -0.2) is 9.18 Å². The minimum atomic E-state index is -0.688. The molecule has 0 amide bonds. The number of nitro benzene ring substituents is 1. The summed E-state index contributed by atoms with van der Waals surface area (Å²) >= 11 is 0. The zero-order chi connectivity index (χ0) is 20.8. The van der Waals surface area contributed by atoms with Crippen molar-refractivity contribution in [2.24, 2.45) is 0 Å². The summed E-state index contributed by atoms with van der Waals surface area (Å²) in [5.74, 6) is -0.256. The zero-order valence-electron chi connectivity index (χ0n) is 15.1. The standard InChI is InChI=1S/C20H11FN4O5/c21-12-1-4-17-10(5-12)6-15(20(26)29-17)19-23-18(24-30-19)7-11-9-22-16-3-2-13(25(27)28)8-14(11)16/h1-6,8-9,22H,7H2. The van der Waals surface area contributed by atoms with E-state index in [-0.39, 0.29) is 35.0 Å². The van der Waals surface area contributed by atoms with E-state index in [0.29, 0.717) is 10.8 Å². The average Bonchev–Trinajstić information content (AvgIpc) is 3.35. The van der Waals surface area contributed by atoms with Crippen molar-refractivity contribution >= 4 is 27.6 Å². The summed E-state index contributed by atoms with van der Waals surface area (Å²) < 4.78 is 23.9. The van der Waals surface area contributed by atoms with Gasteiger partial charge in [0.05, 0.1) is 4.92 Å². The van der Waals surface area contributed by atoms with Crippen LogP contribution in [0, 0.1) is 15.9 Å². The van der Waals surface area contributed by atoms with E-state index in [1.807, 2.05) is 0 Å². The average molecular weight is 406 g/mol. The van der Waals surface area contributed by atoms with Crippen LogP contribution in [0.25, 0.3) is 33.3 Å². The molecule has 30 heavy (non-hydrogen) atoms. The lowest BCUT2D eigenvalue weighted by molar-refractivity contribution is -0.384. The molecule has 0 aliphatic carbocycles. The molecule has 0 saturated heterocycles. The van der Waals surface area contributed by atoms with E-state index in [0.717, 1.165) is 11.1 Å². The van der Waals surface area contributed by atoms with Crippen molar-refractivity contribution in [3.63, 3.8) is 0 Å². The van der Waals surface area contributed by atoms with Gasteiger partial charge in [-0.1, -0.05) is 5.16 Å². The fraction of sp³-hybridized carbons (Fsp3) is 0.0500. The van der Waals surface area contributed by atoms with Gasteiger partial charge in [0, 0.05) is 41.0 Å². The number of nitro groups is 1. The number of rotatable bonds is 4. The van der Waals surface area contributed by atoms with E-state index in [2.05, 4.69) is 15.1 Å². The first kappa shape index (κ1) is 17.7. The van der Waals surface area contributed by atoms with E-state index in [1.54, 1.807) is 12.3 Å². The van der Waals surface area contributed by atoms with Crippen LogP contribution in [-0.2, 0) is 6.42 Å². The molecule has 0 aliphatic rings.